The third-order valence-electron chi connectivity index (χ3n) is 3.88. The monoisotopic (exact) mass is 355 g/mol. The Labute approximate surface area is 151 Å². The van der Waals surface area contributed by atoms with Crippen molar-refractivity contribution in [2.45, 2.75) is 20.3 Å². The SMILES string of the molecule is Cc1cccc(C)c1C(=O)NCCc1nc(-c2cccc(Cl)c2)no1. The van der Waals surface area contributed by atoms with Gasteiger partial charge in [-0.25, -0.2) is 0 Å². The van der Waals surface area contributed by atoms with E-state index in [1.165, 1.54) is 0 Å². The largest absolute Gasteiger partial charge is 0.352 e. The third kappa shape index (κ3) is 4.06. The molecule has 0 aliphatic heterocycles. The van der Waals surface area contributed by atoms with Crippen LogP contribution in [0.3, 0.4) is 0 Å². The van der Waals surface area contributed by atoms with Crippen molar-refractivity contribution in [2.24, 2.45) is 0 Å². The summed E-state index contributed by atoms with van der Waals surface area (Å²) < 4.78 is 5.24. The molecule has 3 rings (SSSR count). The molecule has 25 heavy (non-hydrogen) atoms. The zero-order valence-corrected chi connectivity index (χ0v) is 14.8. The van der Waals surface area contributed by atoms with Gasteiger partial charge >= 0.3 is 0 Å². The number of amides is 1. The molecule has 1 heterocycles. The Balaban J connectivity index is 1.61. The van der Waals surface area contributed by atoms with Crippen LogP contribution in [-0.4, -0.2) is 22.6 Å². The Morgan fingerprint density at radius 2 is 1.88 bits per heavy atom. The highest BCUT2D eigenvalue weighted by Crippen LogP contribution is 2.20. The van der Waals surface area contributed by atoms with Crippen LogP contribution in [0.1, 0.15) is 27.4 Å². The molecule has 128 valence electrons. The lowest BCUT2D eigenvalue weighted by atomic mass is 10.0. The van der Waals surface area contributed by atoms with Crippen molar-refractivity contribution in [1.29, 1.82) is 0 Å². The molecule has 1 aromatic heterocycles. The van der Waals surface area contributed by atoms with Gasteiger partial charge in [-0.15, -0.1) is 0 Å². The summed E-state index contributed by atoms with van der Waals surface area (Å²) in [6.45, 7) is 4.28. The maximum atomic E-state index is 12.3. The van der Waals surface area contributed by atoms with E-state index in [0.29, 0.717) is 35.3 Å². The molecule has 0 fully saturated rings. The Morgan fingerprint density at radius 3 is 2.60 bits per heavy atom. The highest BCUT2D eigenvalue weighted by atomic mass is 35.5. The molecule has 3 aromatic rings. The van der Waals surface area contributed by atoms with Crippen molar-refractivity contribution < 1.29 is 9.32 Å². The van der Waals surface area contributed by atoms with Gasteiger partial charge in [0, 0.05) is 29.1 Å². The zero-order chi connectivity index (χ0) is 17.8. The summed E-state index contributed by atoms with van der Waals surface area (Å²) in [5.74, 6) is 0.862. The zero-order valence-electron chi connectivity index (χ0n) is 14.0. The van der Waals surface area contributed by atoms with Crippen molar-refractivity contribution in [3.8, 4) is 11.4 Å². The minimum Gasteiger partial charge on any atom is -0.352 e. The molecule has 0 aliphatic carbocycles. The Kier molecular flexibility index (Phi) is 5.14. The lowest BCUT2D eigenvalue weighted by Crippen LogP contribution is -2.27. The predicted molar refractivity (Wildman–Crippen MR) is 96.7 cm³/mol. The second kappa shape index (κ2) is 7.49. The lowest BCUT2D eigenvalue weighted by Gasteiger charge is -2.09. The Bertz CT molecular complexity index is 885. The van der Waals surface area contributed by atoms with Crippen molar-refractivity contribution in [3.05, 3.63) is 70.1 Å². The number of benzene rings is 2. The topological polar surface area (TPSA) is 68.0 Å². The fourth-order valence-electron chi connectivity index (χ4n) is 2.65. The van der Waals surface area contributed by atoms with Gasteiger partial charge in [0.05, 0.1) is 0 Å². The van der Waals surface area contributed by atoms with Gasteiger partial charge < -0.3 is 9.84 Å². The van der Waals surface area contributed by atoms with E-state index in [0.717, 1.165) is 16.7 Å². The molecule has 1 amide bonds. The normalized spacial score (nSPS) is 10.7. The van der Waals surface area contributed by atoms with E-state index < -0.39 is 0 Å². The van der Waals surface area contributed by atoms with Crippen LogP contribution in [0, 0.1) is 13.8 Å². The number of nitrogens with zero attached hydrogens (tertiary/aromatic N) is 2. The summed E-state index contributed by atoms with van der Waals surface area (Å²) in [5.41, 5.74) is 3.42. The second-order valence-corrected chi connectivity index (χ2v) is 6.23. The van der Waals surface area contributed by atoms with Gasteiger partial charge in [-0.05, 0) is 37.1 Å². The molecule has 2 aromatic carbocycles. The average Bonchev–Trinajstić information content (AvgIpc) is 3.04. The van der Waals surface area contributed by atoms with Gasteiger partial charge in [0.1, 0.15) is 0 Å². The summed E-state index contributed by atoms with van der Waals surface area (Å²) in [6.07, 6.45) is 0.463. The highest BCUT2D eigenvalue weighted by Gasteiger charge is 2.13. The number of hydrogen-bond donors (Lipinski definition) is 1. The maximum absolute atomic E-state index is 12.3. The van der Waals surface area contributed by atoms with E-state index in [2.05, 4.69) is 15.5 Å². The van der Waals surface area contributed by atoms with Crippen LogP contribution in [0.5, 0.6) is 0 Å². The Hall–Kier alpha value is -2.66. The van der Waals surface area contributed by atoms with Crippen LogP contribution < -0.4 is 5.32 Å². The fourth-order valence-corrected chi connectivity index (χ4v) is 2.84. The molecule has 0 atom stereocenters. The van der Waals surface area contributed by atoms with E-state index in [9.17, 15) is 4.79 Å². The van der Waals surface area contributed by atoms with Crippen LogP contribution in [-0.2, 0) is 6.42 Å². The number of aromatic nitrogens is 2. The maximum Gasteiger partial charge on any atom is 0.251 e. The summed E-state index contributed by atoms with van der Waals surface area (Å²) in [4.78, 5) is 16.7. The molecule has 0 spiro atoms. The number of nitrogens with one attached hydrogen (secondary N) is 1. The lowest BCUT2D eigenvalue weighted by molar-refractivity contribution is 0.0952. The van der Waals surface area contributed by atoms with Gasteiger partial charge in [-0.2, -0.15) is 4.98 Å². The van der Waals surface area contributed by atoms with Gasteiger partial charge in [0.15, 0.2) is 0 Å². The van der Waals surface area contributed by atoms with Crippen LogP contribution in [0.15, 0.2) is 47.0 Å². The number of hydrogen-bond acceptors (Lipinski definition) is 4. The molecule has 1 N–H and O–H groups in total. The molecular weight excluding hydrogens is 338 g/mol. The molecule has 5 nitrogen and oxygen atoms in total. The van der Waals surface area contributed by atoms with Gasteiger partial charge in [0.2, 0.25) is 11.7 Å². The number of carbonyl (C=O) groups excluding carboxylic acids is 1. The standard InChI is InChI=1S/C19H18ClN3O2/c1-12-5-3-6-13(2)17(12)19(24)21-10-9-16-22-18(23-25-16)14-7-4-8-15(20)11-14/h3-8,11H,9-10H2,1-2H3,(H,21,24). The first-order chi connectivity index (χ1) is 12.0. The molecule has 0 aliphatic rings. The summed E-state index contributed by atoms with van der Waals surface area (Å²) in [7, 11) is 0. The molecular formula is C19H18ClN3O2. The molecule has 0 saturated heterocycles. The first-order valence-corrected chi connectivity index (χ1v) is 8.35. The number of aryl methyl sites for hydroxylation is 2. The number of halogens is 1. The van der Waals surface area contributed by atoms with Crippen molar-refractivity contribution in [1.82, 2.24) is 15.5 Å². The molecule has 0 saturated carbocycles. The van der Waals surface area contributed by atoms with E-state index in [1.807, 2.05) is 44.2 Å². The van der Waals surface area contributed by atoms with Crippen molar-refractivity contribution in [2.75, 3.05) is 6.54 Å². The smallest absolute Gasteiger partial charge is 0.251 e. The molecule has 0 radical (unpaired) electrons. The van der Waals surface area contributed by atoms with Gasteiger partial charge in [-0.3, -0.25) is 4.79 Å². The number of carbonyl (C=O) groups is 1. The van der Waals surface area contributed by atoms with Gasteiger partial charge in [0.25, 0.3) is 5.91 Å². The summed E-state index contributed by atoms with van der Waals surface area (Å²) in [6, 6.07) is 13.1. The van der Waals surface area contributed by atoms with Crippen LogP contribution in [0.4, 0.5) is 0 Å². The second-order valence-electron chi connectivity index (χ2n) is 5.79. The third-order valence-corrected chi connectivity index (χ3v) is 4.12. The van der Waals surface area contributed by atoms with E-state index in [-0.39, 0.29) is 5.91 Å². The average molecular weight is 356 g/mol. The minimum absolute atomic E-state index is 0.0924. The molecule has 0 unspecified atom stereocenters. The number of rotatable bonds is 5. The van der Waals surface area contributed by atoms with Crippen LogP contribution in [0.2, 0.25) is 5.02 Å². The van der Waals surface area contributed by atoms with Crippen molar-refractivity contribution >= 4 is 17.5 Å². The first kappa shape index (κ1) is 17.2. The van der Waals surface area contributed by atoms with E-state index >= 15 is 0 Å². The van der Waals surface area contributed by atoms with Crippen LogP contribution in [0.25, 0.3) is 11.4 Å². The summed E-state index contributed by atoms with van der Waals surface area (Å²) >= 11 is 5.97. The summed E-state index contributed by atoms with van der Waals surface area (Å²) in [5, 5.41) is 7.47. The quantitative estimate of drug-likeness (QED) is 0.751. The van der Waals surface area contributed by atoms with E-state index in [1.54, 1.807) is 12.1 Å². The predicted octanol–water partition coefficient (Wildman–Crippen LogP) is 3.98. The van der Waals surface area contributed by atoms with E-state index in [4.69, 9.17) is 16.1 Å². The first-order valence-electron chi connectivity index (χ1n) is 7.97. The molecule has 0 bridgehead atoms. The van der Waals surface area contributed by atoms with Gasteiger partial charge in [-0.1, -0.05) is 47.1 Å². The van der Waals surface area contributed by atoms with Crippen LogP contribution >= 0.6 is 11.6 Å². The molecule has 6 heteroatoms. The fraction of sp³-hybridized carbons (Fsp3) is 0.211. The van der Waals surface area contributed by atoms with Crippen molar-refractivity contribution in [3.63, 3.8) is 0 Å². The highest BCUT2D eigenvalue weighted by molar-refractivity contribution is 6.30. The minimum atomic E-state index is -0.0924. The Morgan fingerprint density at radius 1 is 1.16 bits per heavy atom.